The van der Waals surface area contributed by atoms with Gasteiger partial charge in [-0.1, -0.05) is 25.7 Å². The number of nitrogens with one attached hydrogen (secondary N) is 8. The van der Waals surface area contributed by atoms with Crippen molar-refractivity contribution in [2.45, 2.75) is 77.5 Å². The Morgan fingerprint density at radius 3 is 0.705 bits per heavy atom. The minimum atomic E-state index is -0.356. The van der Waals surface area contributed by atoms with E-state index >= 15 is 0 Å². The number of aromatic nitrogens is 8. The molecule has 0 radical (unpaired) electrons. The number of hydrogen-bond donors (Lipinski definition) is 8. The molecule has 4 aliphatic heterocycles. The second kappa shape index (κ2) is 20.0. The van der Waals surface area contributed by atoms with Gasteiger partial charge in [-0.15, -0.1) is 40.8 Å². The van der Waals surface area contributed by atoms with Crippen LogP contribution in [0.5, 0.6) is 0 Å². The van der Waals surface area contributed by atoms with Crippen molar-refractivity contribution in [3.63, 3.8) is 0 Å². The molecule has 2 aromatic rings. The van der Waals surface area contributed by atoms with Gasteiger partial charge in [-0.3, -0.25) is 0 Å². The summed E-state index contributed by atoms with van der Waals surface area (Å²) in [5, 5.41) is 53.0. The third-order valence-corrected chi connectivity index (χ3v) is 6.10. The Bertz CT molecular complexity index is 986. The first-order valence-electron chi connectivity index (χ1n) is 14.6. The van der Waals surface area contributed by atoms with Crippen molar-refractivity contribution < 1.29 is 19.2 Å². The molecule has 0 fully saturated rings. The summed E-state index contributed by atoms with van der Waals surface area (Å²) in [4.78, 5) is 48.0. The summed E-state index contributed by atoms with van der Waals surface area (Å²) in [6.07, 6.45) is 6.63. The van der Waals surface area contributed by atoms with E-state index in [2.05, 4.69) is 83.3 Å². The van der Waals surface area contributed by atoms with E-state index in [-0.39, 0.29) is 73.6 Å². The number of urea groups is 4. The van der Waals surface area contributed by atoms with E-state index in [1.54, 1.807) is 0 Å². The summed E-state index contributed by atoms with van der Waals surface area (Å²) in [6.45, 7) is 2.20. The molecule has 0 aromatic carbocycles. The number of amides is 8. The molecule has 240 valence electrons. The zero-order valence-electron chi connectivity index (χ0n) is 24.5. The number of carbonyl (C=O) groups excluding carboxylic acids is 4. The van der Waals surface area contributed by atoms with Gasteiger partial charge in [0.15, 0.2) is 23.3 Å². The standard InChI is InChI=1S/C24H40N16O4/c41-21-25-9-5-1-2-6-10-26-22(42)30-14-18-35-39-20(40-36-18)16-32-24(44)28-12-8-4-3-7-11-27-23(43)31-15-19-37-33-17(13-29-21)34-38-19/h1-16H2,(H2,25,29,41)(H2,26,30,42)(H2,27,31,43)(H2,28,32,44). The average molecular weight is 617 g/mol. The van der Waals surface area contributed by atoms with Gasteiger partial charge in [0.05, 0.1) is 26.2 Å². The Hall–Kier alpha value is -5.04. The molecule has 0 atom stereocenters. The molecule has 0 saturated carbocycles. The van der Waals surface area contributed by atoms with Gasteiger partial charge in [0.2, 0.25) is 0 Å². The lowest BCUT2D eigenvalue weighted by Gasteiger charge is -2.09. The second-order valence-corrected chi connectivity index (χ2v) is 9.73. The lowest BCUT2D eigenvalue weighted by atomic mass is 10.2. The van der Waals surface area contributed by atoms with E-state index in [0.717, 1.165) is 51.4 Å². The molecule has 6 heterocycles. The lowest BCUT2D eigenvalue weighted by Crippen LogP contribution is -2.37. The van der Waals surface area contributed by atoms with Crippen molar-refractivity contribution in [3.05, 3.63) is 23.3 Å². The molecule has 0 saturated heterocycles. The third kappa shape index (κ3) is 14.7. The van der Waals surface area contributed by atoms with Crippen LogP contribution in [0, 0.1) is 0 Å². The first kappa shape index (κ1) is 33.5. The van der Waals surface area contributed by atoms with E-state index in [9.17, 15) is 19.2 Å². The Kier molecular flexibility index (Phi) is 15.2. The molecule has 0 aliphatic carbocycles. The molecule has 20 nitrogen and oxygen atoms in total. The Balaban J connectivity index is 1.40. The molecular weight excluding hydrogens is 576 g/mol. The molecular formula is C24H40N16O4. The SMILES string of the molecule is O=C1NCCCCCCNC(=O)NCc2nnc(nn2)CNC(=O)NCCCCCCNC(=O)NCc2nnc(nn2)CN1. The predicted molar refractivity (Wildman–Crippen MR) is 153 cm³/mol. The van der Waals surface area contributed by atoms with E-state index < -0.39 is 0 Å². The predicted octanol–water partition coefficient (Wildman–Crippen LogP) is -1.12. The van der Waals surface area contributed by atoms with Crippen LogP contribution in [-0.4, -0.2) is 91.1 Å². The monoisotopic (exact) mass is 616 g/mol. The Morgan fingerprint density at radius 1 is 0.295 bits per heavy atom. The van der Waals surface area contributed by atoms with Crippen LogP contribution in [0.1, 0.15) is 74.7 Å². The van der Waals surface area contributed by atoms with E-state index in [4.69, 9.17) is 0 Å². The summed E-state index contributed by atoms with van der Waals surface area (Å²) in [7, 11) is 0. The zero-order valence-corrected chi connectivity index (χ0v) is 24.5. The van der Waals surface area contributed by atoms with Crippen LogP contribution in [0.15, 0.2) is 0 Å². The fourth-order valence-electron chi connectivity index (χ4n) is 3.73. The highest BCUT2D eigenvalue weighted by atomic mass is 16.2. The topological polar surface area (TPSA) is 268 Å². The van der Waals surface area contributed by atoms with Crippen LogP contribution in [-0.2, 0) is 26.2 Å². The van der Waals surface area contributed by atoms with Crippen molar-refractivity contribution in [2.75, 3.05) is 26.2 Å². The molecule has 44 heavy (non-hydrogen) atoms. The van der Waals surface area contributed by atoms with Crippen molar-refractivity contribution in [1.29, 1.82) is 0 Å². The quantitative estimate of drug-likeness (QED) is 0.175. The molecule has 8 N–H and O–H groups in total. The second-order valence-electron chi connectivity index (χ2n) is 9.73. The van der Waals surface area contributed by atoms with Crippen molar-refractivity contribution >= 4 is 24.1 Å². The summed E-state index contributed by atoms with van der Waals surface area (Å²) >= 11 is 0. The lowest BCUT2D eigenvalue weighted by molar-refractivity contribution is 0.238. The van der Waals surface area contributed by atoms with Gasteiger partial charge < -0.3 is 42.5 Å². The highest BCUT2D eigenvalue weighted by molar-refractivity contribution is 5.74. The normalized spacial score (nSPS) is 18.2. The van der Waals surface area contributed by atoms with Crippen molar-refractivity contribution in [3.8, 4) is 0 Å². The molecule has 4 bridgehead atoms. The maximum atomic E-state index is 12.0. The van der Waals surface area contributed by atoms with Gasteiger partial charge in [-0.05, 0) is 25.7 Å². The molecule has 8 amide bonds. The minimum Gasteiger partial charge on any atom is -0.338 e. The first-order valence-corrected chi connectivity index (χ1v) is 14.6. The van der Waals surface area contributed by atoms with Gasteiger partial charge in [0.1, 0.15) is 0 Å². The highest BCUT2D eigenvalue weighted by Gasteiger charge is 2.08. The minimum absolute atomic E-state index is 0.0570. The van der Waals surface area contributed by atoms with Crippen LogP contribution in [0.4, 0.5) is 19.2 Å². The smallest absolute Gasteiger partial charge is 0.315 e. The van der Waals surface area contributed by atoms with E-state index in [0.29, 0.717) is 26.2 Å². The van der Waals surface area contributed by atoms with Crippen LogP contribution in [0.25, 0.3) is 0 Å². The highest BCUT2D eigenvalue weighted by Crippen LogP contribution is 1.99. The largest absolute Gasteiger partial charge is 0.338 e. The maximum Gasteiger partial charge on any atom is 0.315 e. The molecule has 2 aromatic heterocycles. The van der Waals surface area contributed by atoms with Crippen molar-refractivity contribution in [1.82, 2.24) is 83.3 Å². The van der Waals surface area contributed by atoms with E-state index in [1.165, 1.54) is 0 Å². The molecule has 0 unspecified atom stereocenters. The van der Waals surface area contributed by atoms with Gasteiger partial charge in [-0.2, -0.15) is 0 Å². The number of carbonyl (C=O) groups is 4. The molecule has 0 spiro atoms. The Labute approximate surface area is 253 Å². The van der Waals surface area contributed by atoms with Crippen LogP contribution < -0.4 is 42.5 Å². The molecule has 20 heteroatoms. The zero-order chi connectivity index (χ0) is 31.2. The van der Waals surface area contributed by atoms with E-state index in [1.807, 2.05) is 0 Å². The fourth-order valence-corrected chi connectivity index (χ4v) is 3.73. The molecule has 4 aliphatic rings. The van der Waals surface area contributed by atoms with Gasteiger partial charge in [0, 0.05) is 26.2 Å². The van der Waals surface area contributed by atoms with Crippen molar-refractivity contribution in [2.24, 2.45) is 0 Å². The summed E-state index contributed by atoms with van der Waals surface area (Å²) in [5.74, 6) is 0.954. The summed E-state index contributed by atoms with van der Waals surface area (Å²) in [6, 6.07) is -1.43. The third-order valence-electron chi connectivity index (χ3n) is 6.10. The first-order chi connectivity index (χ1) is 21.5. The number of nitrogens with zero attached hydrogens (tertiary/aromatic N) is 8. The van der Waals surface area contributed by atoms with Gasteiger partial charge in [-0.25, -0.2) is 19.2 Å². The summed E-state index contributed by atoms with van der Waals surface area (Å²) in [5.41, 5.74) is 0. The Morgan fingerprint density at radius 2 is 0.500 bits per heavy atom. The molecule has 6 rings (SSSR count). The van der Waals surface area contributed by atoms with Crippen LogP contribution >= 0.6 is 0 Å². The van der Waals surface area contributed by atoms with Crippen LogP contribution in [0.3, 0.4) is 0 Å². The average Bonchev–Trinajstić information content (AvgIpc) is 3.03. The summed E-state index contributed by atoms with van der Waals surface area (Å²) < 4.78 is 0. The number of rotatable bonds is 0. The van der Waals surface area contributed by atoms with Gasteiger partial charge in [0.25, 0.3) is 0 Å². The maximum absolute atomic E-state index is 12.0. The van der Waals surface area contributed by atoms with Crippen LogP contribution in [0.2, 0.25) is 0 Å². The fraction of sp³-hybridized carbons (Fsp3) is 0.667. The number of hydrogen-bond acceptors (Lipinski definition) is 12. The van der Waals surface area contributed by atoms with Gasteiger partial charge >= 0.3 is 24.1 Å².